The Kier molecular flexibility index (Phi) is 9.37. The van der Waals surface area contributed by atoms with Gasteiger partial charge in [0.15, 0.2) is 0 Å². The van der Waals surface area contributed by atoms with E-state index in [1.54, 1.807) is 11.3 Å². The van der Waals surface area contributed by atoms with Gasteiger partial charge in [-0.1, -0.05) is 24.6 Å². The first kappa shape index (κ1) is 21.0. The number of halogens is 2. The van der Waals surface area contributed by atoms with Gasteiger partial charge in [-0.25, -0.2) is 4.99 Å². The van der Waals surface area contributed by atoms with Crippen molar-refractivity contribution in [1.29, 1.82) is 0 Å². The molecule has 132 valence electrons. The fourth-order valence-electron chi connectivity index (χ4n) is 2.83. The molecule has 1 aliphatic heterocycles. The van der Waals surface area contributed by atoms with Crippen molar-refractivity contribution in [2.45, 2.75) is 25.7 Å². The lowest BCUT2D eigenvalue weighted by Gasteiger charge is -2.26. The van der Waals surface area contributed by atoms with Crippen LogP contribution in [0.4, 0.5) is 5.69 Å². The Balaban J connectivity index is 0.00000144. The van der Waals surface area contributed by atoms with Gasteiger partial charge in [0.2, 0.25) is 0 Å². The molecule has 3 nitrogen and oxygen atoms in total. The van der Waals surface area contributed by atoms with E-state index < -0.39 is 0 Å². The zero-order chi connectivity index (χ0) is 15.2. The lowest BCUT2D eigenvalue weighted by molar-refractivity contribution is 0.231. The van der Waals surface area contributed by atoms with Crippen LogP contribution in [0.2, 0.25) is 0 Å². The third-order valence-corrected chi connectivity index (χ3v) is 5.02. The van der Waals surface area contributed by atoms with E-state index in [-0.39, 0.29) is 24.8 Å². The molecule has 0 unspecified atom stereocenters. The highest BCUT2D eigenvalue weighted by molar-refractivity contribution is 7.12. The summed E-state index contributed by atoms with van der Waals surface area (Å²) in [7, 11) is 0. The number of benzene rings is 1. The first-order valence-electron chi connectivity index (χ1n) is 8.00. The van der Waals surface area contributed by atoms with E-state index >= 15 is 0 Å². The highest BCUT2D eigenvalue weighted by atomic mass is 35.5. The van der Waals surface area contributed by atoms with E-state index in [1.807, 2.05) is 17.5 Å². The van der Waals surface area contributed by atoms with Crippen LogP contribution in [0.3, 0.4) is 0 Å². The van der Waals surface area contributed by atoms with Gasteiger partial charge >= 0.3 is 0 Å². The summed E-state index contributed by atoms with van der Waals surface area (Å²) in [6.45, 7) is 3.69. The van der Waals surface area contributed by atoms with Crippen molar-refractivity contribution in [3.05, 3.63) is 52.2 Å². The number of piperidine rings is 1. The molecule has 3 rings (SSSR count). The number of hydrogen-bond acceptors (Lipinski definition) is 3. The van der Waals surface area contributed by atoms with Crippen molar-refractivity contribution in [2.75, 3.05) is 19.6 Å². The molecule has 2 N–H and O–H groups in total. The van der Waals surface area contributed by atoms with Gasteiger partial charge in [0.25, 0.3) is 0 Å². The van der Waals surface area contributed by atoms with Crippen LogP contribution >= 0.6 is 36.2 Å². The van der Waals surface area contributed by atoms with E-state index in [1.165, 1.54) is 44.5 Å². The van der Waals surface area contributed by atoms with Gasteiger partial charge in [-0.15, -0.1) is 36.2 Å². The molecule has 0 aliphatic carbocycles. The Hall–Kier alpha value is -1.07. The molecular formula is C18H25Cl2N3S. The zero-order valence-corrected chi connectivity index (χ0v) is 16.1. The number of aliphatic imine (C=N–C) groups is 1. The number of likely N-dealkylation sites (tertiary alicyclic amines) is 1. The fraction of sp³-hybridized carbons (Fsp3) is 0.389. The van der Waals surface area contributed by atoms with Crippen molar-refractivity contribution in [2.24, 2.45) is 10.7 Å². The van der Waals surface area contributed by atoms with Crippen molar-refractivity contribution >= 4 is 47.7 Å². The Labute approximate surface area is 160 Å². The molecule has 1 aromatic carbocycles. The number of nitrogens with zero attached hydrogens (tertiary/aromatic N) is 2. The number of nitrogens with two attached hydrogens (primary N) is 1. The third kappa shape index (κ3) is 6.10. The molecule has 6 heteroatoms. The van der Waals surface area contributed by atoms with Gasteiger partial charge in [-0.05, 0) is 61.5 Å². The van der Waals surface area contributed by atoms with Crippen LogP contribution in [0.15, 0.2) is 46.8 Å². The van der Waals surface area contributed by atoms with E-state index in [2.05, 4.69) is 34.2 Å². The highest BCUT2D eigenvalue weighted by Gasteiger charge is 2.09. The number of hydrogen-bond donors (Lipinski definition) is 1. The predicted molar refractivity (Wildman–Crippen MR) is 110 cm³/mol. The lowest BCUT2D eigenvalue weighted by atomic mass is 10.1. The van der Waals surface area contributed by atoms with E-state index in [0.717, 1.165) is 17.0 Å². The van der Waals surface area contributed by atoms with Crippen LogP contribution in [0.1, 0.15) is 29.7 Å². The Morgan fingerprint density at radius 2 is 1.75 bits per heavy atom. The van der Waals surface area contributed by atoms with Crippen LogP contribution in [-0.4, -0.2) is 30.4 Å². The molecule has 0 spiro atoms. The van der Waals surface area contributed by atoms with Crippen LogP contribution in [0.5, 0.6) is 0 Å². The summed E-state index contributed by atoms with van der Waals surface area (Å²) in [5.74, 6) is 0.594. The second-order valence-corrected chi connectivity index (χ2v) is 6.74. The van der Waals surface area contributed by atoms with Crippen LogP contribution in [-0.2, 0) is 6.42 Å². The van der Waals surface area contributed by atoms with Gasteiger partial charge in [-0.3, -0.25) is 0 Å². The van der Waals surface area contributed by atoms with Crippen molar-refractivity contribution in [1.82, 2.24) is 4.90 Å². The Morgan fingerprint density at radius 3 is 2.38 bits per heavy atom. The molecule has 0 saturated carbocycles. The first-order valence-corrected chi connectivity index (χ1v) is 8.88. The second kappa shape index (κ2) is 10.7. The Morgan fingerprint density at radius 1 is 1.04 bits per heavy atom. The zero-order valence-electron chi connectivity index (χ0n) is 13.7. The minimum absolute atomic E-state index is 0. The minimum atomic E-state index is 0. The van der Waals surface area contributed by atoms with Gasteiger partial charge in [-0.2, -0.15) is 0 Å². The molecule has 1 aliphatic rings. The van der Waals surface area contributed by atoms with Gasteiger partial charge in [0.1, 0.15) is 5.84 Å². The molecular weight excluding hydrogens is 361 g/mol. The summed E-state index contributed by atoms with van der Waals surface area (Å²) in [5.41, 5.74) is 8.32. The maximum Gasteiger partial charge on any atom is 0.141 e. The largest absolute Gasteiger partial charge is 0.383 e. The lowest BCUT2D eigenvalue weighted by Crippen LogP contribution is -2.31. The smallest absolute Gasteiger partial charge is 0.141 e. The molecule has 2 heterocycles. The molecule has 0 atom stereocenters. The summed E-state index contributed by atoms with van der Waals surface area (Å²) >= 11 is 1.62. The molecule has 0 radical (unpaired) electrons. The summed E-state index contributed by atoms with van der Waals surface area (Å²) in [5, 5.41) is 2.02. The van der Waals surface area contributed by atoms with Crippen molar-refractivity contribution < 1.29 is 0 Å². The molecule has 1 saturated heterocycles. The summed E-state index contributed by atoms with van der Waals surface area (Å²) in [4.78, 5) is 8.08. The van der Waals surface area contributed by atoms with Crippen molar-refractivity contribution in [3.63, 3.8) is 0 Å². The third-order valence-electron chi connectivity index (χ3n) is 4.12. The summed E-state index contributed by atoms with van der Waals surface area (Å²) in [6, 6.07) is 12.5. The Bertz CT molecular complexity index is 606. The predicted octanol–water partition coefficient (Wildman–Crippen LogP) is 4.66. The van der Waals surface area contributed by atoms with E-state index in [0.29, 0.717) is 5.84 Å². The van der Waals surface area contributed by atoms with E-state index in [4.69, 9.17) is 5.73 Å². The SMILES string of the molecule is Cl.Cl.NC(=Nc1ccc(CCN2CCCCC2)cc1)c1cccs1. The quantitative estimate of drug-likeness (QED) is 0.600. The fourth-order valence-corrected chi connectivity index (χ4v) is 3.45. The first-order chi connectivity index (χ1) is 10.8. The normalized spacial score (nSPS) is 15.4. The average molecular weight is 386 g/mol. The molecule has 0 amide bonds. The second-order valence-electron chi connectivity index (χ2n) is 5.79. The number of rotatable bonds is 5. The minimum Gasteiger partial charge on any atom is -0.383 e. The monoisotopic (exact) mass is 385 g/mol. The topological polar surface area (TPSA) is 41.6 Å². The molecule has 0 bridgehead atoms. The average Bonchev–Trinajstić information content (AvgIpc) is 3.10. The van der Waals surface area contributed by atoms with Crippen LogP contribution in [0, 0.1) is 0 Å². The maximum absolute atomic E-state index is 6.02. The van der Waals surface area contributed by atoms with Gasteiger partial charge in [0, 0.05) is 6.54 Å². The number of thiophene rings is 1. The maximum atomic E-state index is 6.02. The summed E-state index contributed by atoms with van der Waals surface area (Å²) in [6.07, 6.45) is 5.23. The molecule has 1 fully saturated rings. The highest BCUT2D eigenvalue weighted by Crippen LogP contribution is 2.17. The van der Waals surface area contributed by atoms with Crippen molar-refractivity contribution in [3.8, 4) is 0 Å². The van der Waals surface area contributed by atoms with Gasteiger partial charge in [0.05, 0.1) is 10.6 Å². The van der Waals surface area contributed by atoms with Crippen LogP contribution in [0.25, 0.3) is 0 Å². The molecule has 2 aromatic rings. The van der Waals surface area contributed by atoms with E-state index in [9.17, 15) is 0 Å². The van der Waals surface area contributed by atoms with Gasteiger partial charge < -0.3 is 10.6 Å². The van der Waals surface area contributed by atoms with Crippen LogP contribution < -0.4 is 5.73 Å². The molecule has 24 heavy (non-hydrogen) atoms. The number of amidine groups is 1. The standard InChI is InChI=1S/C18H23N3S.2ClH/c19-18(17-5-4-14-22-17)20-16-8-6-15(7-9-16)10-13-21-11-2-1-3-12-21;;/h4-9,14H,1-3,10-13H2,(H2,19,20);2*1H. The summed E-state index contributed by atoms with van der Waals surface area (Å²) < 4.78 is 0. The molecule has 1 aromatic heterocycles.